The predicted octanol–water partition coefficient (Wildman–Crippen LogP) is 1.93. The Morgan fingerprint density at radius 1 is 1.44 bits per heavy atom. The molecule has 6 heteroatoms. The normalized spacial score (nSPS) is 10.1. The topological polar surface area (TPSA) is 75.1 Å². The maximum atomic E-state index is 12.9. The summed E-state index contributed by atoms with van der Waals surface area (Å²) in [5.41, 5.74) is 0.679. The molecule has 5 nitrogen and oxygen atoms in total. The number of carbonyl (C=O) groups is 1. The quantitative estimate of drug-likeness (QED) is 0.863. The van der Waals surface area contributed by atoms with Crippen LogP contribution in [-0.2, 0) is 6.54 Å². The number of nitrogens with one attached hydrogen (secondary N) is 1. The zero-order valence-corrected chi connectivity index (χ0v) is 9.30. The number of aromatic nitrogens is 2. The molecular weight excluding hydrogens is 237 g/mol. The summed E-state index contributed by atoms with van der Waals surface area (Å²) in [6.07, 6.45) is 4.26. The van der Waals surface area contributed by atoms with Gasteiger partial charge in [0.15, 0.2) is 0 Å². The highest BCUT2D eigenvalue weighted by Crippen LogP contribution is 2.14. The molecule has 0 spiro atoms. The highest BCUT2D eigenvalue weighted by molar-refractivity contribution is 5.93. The smallest absolute Gasteiger partial charge is 0.339 e. The van der Waals surface area contributed by atoms with E-state index < -0.39 is 11.8 Å². The van der Waals surface area contributed by atoms with Gasteiger partial charge in [-0.05, 0) is 17.7 Å². The Kier molecular flexibility index (Phi) is 3.47. The van der Waals surface area contributed by atoms with Gasteiger partial charge in [0.05, 0.1) is 6.20 Å². The molecule has 2 heterocycles. The molecule has 0 fully saturated rings. The van der Waals surface area contributed by atoms with Crippen molar-refractivity contribution in [2.75, 3.05) is 5.32 Å². The number of nitrogens with zero attached hydrogens (tertiary/aromatic N) is 2. The summed E-state index contributed by atoms with van der Waals surface area (Å²) in [4.78, 5) is 18.6. The molecule has 0 amide bonds. The van der Waals surface area contributed by atoms with Crippen molar-refractivity contribution in [3.05, 3.63) is 53.7 Å². The molecule has 0 aliphatic heterocycles. The van der Waals surface area contributed by atoms with Gasteiger partial charge in [0.1, 0.15) is 17.2 Å². The SMILES string of the molecule is O=C(O)c1cc(F)cnc1NCc1cccnc1. The van der Waals surface area contributed by atoms with Crippen LogP contribution in [0.25, 0.3) is 0 Å². The monoisotopic (exact) mass is 247 g/mol. The van der Waals surface area contributed by atoms with Crippen molar-refractivity contribution >= 4 is 11.8 Å². The number of hydrogen-bond acceptors (Lipinski definition) is 4. The van der Waals surface area contributed by atoms with E-state index in [1.54, 1.807) is 18.5 Å². The molecule has 0 aliphatic carbocycles. The molecule has 0 atom stereocenters. The minimum absolute atomic E-state index is 0.132. The van der Waals surface area contributed by atoms with Gasteiger partial charge in [-0.15, -0.1) is 0 Å². The predicted molar refractivity (Wildman–Crippen MR) is 62.7 cm³/mol. The molecule has 92 valence electrons. The van der Waals surface area contributed by atoms with Crippen molar-refractivity contribution in [2.24, 2.45) is 0 Å². The third kappa shape index (κ3) is 2.79. The average Bonchev–Trinajstić information content (AvgIpc) is 2.38. The first kappa shape index (κ1) is 12.0. The number of pyridine rings is 2. The largest absolute Gasteiger partial charge is 0.478 e. The van der Waals surface area contributed by atoms with Crippen molar-refractivity contribution in [3.63, 3.8) is 0 Å². The first-order valence-corrected chi connectivity index (χ1v) is 5.18. The van der Waals surface area contributed by atoms with Crippen LogP contribution in [0.5, 0.6) is 0 Å². The third-order valence-electron chi connectivity index (χ3n) is 2.27. The second-order valence-corrected chi connectivity index (χ2v) is 3.57. The van der Waals surface area contributed by atoms with E-state index in [2.05, 4.69) is 15.3 Å². The van der Waals surface area contributed by atoms with Crippen molar-refractivity contribution in [1.29, 1.82) is 0 Å². The second-order valence-electron chi connectivity index (χ2n) is 3.57. The molecular formula is C12H10FN3O2. The fraction of sp³-hybridized carbons (Fsp3) is 0.0833. The molecule has 18 heavy (non-hydrogen) atoms. The van der Waals surface area contributed by atoms with Crippen LogP contribution < -0.4 is 5.32 Å². The summed E-state index contributed by atoms with van der Waals surface area (Å²) in [6.45, 7) is 0.368. The maximum Gasteiger partial charge on any atom is 0.339 e. The lowest BCUT2D eigenvalue weighted by atomic mass is 10.2. The number of carboxylic acid groups (broad SMARTS) is 1. The molecule has 0 aliphatic rings. The zero-order chi connectivity index (χ0) is 13.0. The Bertz CT molecular complexity index is 561. The highest BCUT2D eigenvalue weighted by Gasteiger charge is 2.12. The molecule has 0 unspecified atom stereocenters. The number of carboxylic acids is 1. The minimum atomic E-state index is -1.23. The van der Waals surface area contributed by atoms with Crippen LogP contribution in [-0.4, -0.2) is 21.0 Å². The van der Waals surface area contributed by atoms with E-state index in [1.165, 1.54) is 0 Å². The number of aromatic carboxylic acids is 1. The zero-order valence-electron chi connectivity index (χ0n) is 9.30. The Balaban J connectivity index is 2.17. The number of anilines is 1. The molecule has 0 radical (unpaired) electrons. The van der Waals surface area contributed by atoms with Gasteiger partial charge in [-0.3, -0.25) is 4.98 Å². The van der Waals surface area contributed by atoms with Crippen molar-refractivity contribution in [3.8, 4) is 0 Å². The van der Waals surface area contributed by atoms with Crippen LogP contribution in [0.3, 0.4) is 0 Å². The summed E-state index contributed by atoms with van der Waals surface area (Å²) >= 11 is 0. The van der Waals surface area contributed by atoms with Crippen LogP contribution >= 0.6 is 0 Å². The van der Waals surface area contributed by atoms with Crippen molar-refractivity contribution in [1.82, 2.24) is 9.97 Å². The van der Waals surface area contributed by atoms with Gasteiger partial charge in [-0.2, -0.15) is 0 Å². The van der Waals surface area contributed by atoms with Gasteiger partial charge in [0.2, 0.25) is 0 Å². The molecule has 2 aromatic rings. The van der Waals surface area contributed by atoms with E-state index in [0.29, 0.717) is 6.54 Å². The first-order chi connectivity index (χ1) is 8.66. The summed E-state index contributed by atoms with van der Waals surface area (Å²) in [5, 5.41) is 11.8. The second kappa shape index (κ2) is 5.22. The fourth-order valence-corrected chi connectivity index (χ4v) is 1.43. The Labute approximate surface area is 102 Å². The van der Waals surface area contributed by atoms with Crippen LogP contribution in [0, 0.1) is 5.82 Å². The van der Waals surface area contributed by atoms with Crippen LogP contribution in [0.4, 0.5) is 10.2 Å². The van der Waals surface area contributed by atoms with Crippen molar-refractivity contribution < 1.29 is 14.3 Å². The Morgan fingerprint density at radius 3 is 2.94 bits per heavy atom. The fourth-order valence-electron chi connectivity index (χ4n) is 1.43. The van der Waals surface area contributed by atoms with Gasteiger partial charge in [0, 0.05) is 18.9 Å². The lowest BCUT2D eigenvalue weighted by molar-refractivity contribution is 0.0697. The van der Waals surface area contributed by atoms with E-state index in [0.717, 1.165) is 17.8 Å². The van der Waals surface area contributed by atoms with Crippen LogP contribution in [0.15, 0.2) is 36.8 Å². The summed E-state index contributed by atoms with van der Waals surface area (Å²) in [6, 6.07) is 4.54. The molecule has 2 rings (SSSR count). The van der Waals surface area contributed by atoms with Gasteiger partial charge in [-0.1, -0.05) is 6.07 Å². The standard InChI is InChI=1S/C12H10FN3O2/c13-9-4-10(12(17)18)11(16-7-9)15-6-8-2-1-3-14-5-8/h1-5,7H,6H2,(H,15,16)(H,17,18). The molecule has 0 bridgehead atoms. The first-order valence-electron chi connectivity index (χ1n) is 5.18. The Morgan fingerprint density at radius 2 is 2.28 bits per heavy atom. The lowest BCUT2D eigenvalue weighted by Crippen LogP contribution is -2.09. The Hall–Kier alpha value is -2.50. The summed E-state index contributed by atoms with van der Waals surface area (Å²) in [5.74, 6) is -1.78. The maximum absolute atomic E-state index is 12.9. The van der Waals surface area contributed by atoms with Crippen molar-refractivity contribution in [2.45, 2.75) is 6.54 Å². The average molecular weight is 247 g/mol. The molecule has 0 saturated carbocycles. The number of rotatable bonds is 4. The summed E-state index contributed by atoms with van der Waals surface area (Å²) < 4.78 is 12.9. The van der Waals surface area contributed by atoms with Crippen LogP contribution in [0.1, 0.15) is 15.9 Å². The molecule has 2 N–H and O–H groups in total. The van der Waals surface area contributed by atoms with Gasteiger partial charge in [0.25, 0.3) is 0 Å². The third-order valence-corrected chi connectivity index (χ3v) is 2.27. The summed E-state index contributed by atoms with van der Waals surface area (Å²) in [7, 11) is 0. The van der Waals surface area contributed by atoms with E-state index in [4.69, 9.17) is 5.11 Å². The van der Waals surface area contributed by atoms with Gasteiger partial charge in [-0.25, -0.2) is 14.2 Å². The highest BCUT2D eigenvalue weighted by atomic mass is 19.1. The molecule has 0 saturated heterocycles. The lowest BCUT2D eigenvalue weighted by Gasteiger charge is -2.08. The molecule has 0 aromatic carbocycles. The van der Waals surface area contributed by atoms with E-state index in [1.807, 2.05) is 6.07 Å². The van der Waals surface area contributed by atoms with Gasteiger partial charge >= 0.3 is 5.97 Å². The van der Waals surface area contributed by atoms with E-state index in [9.17, 15) is 9.18 Å². The van der Waals surface area contributed by atoms with E-state index >= 15 is 0 Å². The van der Waals surface area contributed by atoms with E-state index in [-0.39, 0.29) is 11.4 Å². The number of halogens is 1. The number of hydrogen-bond donors (Lipinski definition) is 2. The van der Waals surface area contributed by atoms with Crippen LogP contribution in [0.2, 0.25) is 0 Å². The minimum Gasteiger partial charge on any atom is -0.478 e. The molecule has 2 aromatic heterocycles. The van der Waals surface area contributed by atoms with Gasteiger partial charge < -0.3 is 10.4 Å².